The van der Waals surface area contributed by atoms with Gasteiger partial charge in [-0.1, -0.05) is 219 Å². The van der Waals surface area contributed by atoms with E-state index < -0.39 is 59.9 Å². The van der Waals surface area contributed by atoms with Gasteiger partial charge in [-0.2, -0.15) is 8.42 Å². The van der Waals surface area contributed by atoms with Gasteiger partial charge in [0, 0.05) is 6.42 Å². The Morgan fingerprint density at radius 1 is 0.600 bits per heavy atom. The second-order valence-electron chi connectivity index (χ2n) is 17.8. The molecule has 13 heteroatoms. The van der Waals surface area contributed by atoms with E-state index in [-0.39, 0.29) is 12.5 Å². The van der Waals surface area contributed by atoms with E-state index in [9.17, 15) is 38.2 Å². The number of hydrogen-bond donors (Lipinski definition) is 6. The maximum Gasteiger partial charge on any atom is 0.397 e. The van der Waals surface area contributed by atoms with Gasteiger partial charge >= 0.3 is 10.4 Å². The van der Waals surface area contributed by atoms with Crippen LogP contribution in [0.4, 0.5) is 0 Å². The van der Waals surface area contributed by atoms with Crippen LogP contribution in [0.3, 0.4) is 0 Å². The summed E-state index contributed by atoms with van der Waals surface area (Å²) in [5, 5.41) is 44.9. The van der Waals surface area contributed by atoms with Crippen LogP contribution >= 0.6 is 0 Å². The molecule has 1 amide bonds. The molecular formula is C47H93NO11S. The molecule has 1 aliphatic heterocycles. The molecule has 0 aromatic carbocycles. The summed E-state index contributed by atoms with van der Waals surface area (Å²) in [7, 11) is -5.07. The minimum atomic E-state index is -5.07. The monoisotopic (exact) mass is 880 g/mol. The highest BCUT2D eigenvalue weighted by Crippen LogP contribution is 2.26. The number of unbranched alkanes of at least 4 members (excludes halogenated alkanes) is 31. The lowest BCUT2D eigenvalue weighted by atomic mass is 9.99. The van der Waals surface area contributed by atoms with Gasteiger partial charge in [0.1, 0.15) is 24.4 Å². The summed E-state index contributed by atoms with van der Waals surface area (Å²) in [5.74, 6) is -0.226. The second-order valence-corrected chi connectivity index (χ2v) is 18.8. The molecule has 6 N–H and O–H groups in total. The fourth-order valence-corrected chi connectivity index (χ4v) is 8.79. The largest absolute Gasteiger partial charge is 0.397 e. The van der Waals surface area contributed by atoms with Gasteiger partial charge in [0.15, 0.2) is 6.29 Å². The first-order chi connectivity index (χ1) is 29.0. The quantitative estimate of drug-likeness (QED) is 0.0252. The number of amides is 1. The van der Waals surface area contributed by atoms with Gasteiger partial charge in [0.2, 0.25) is 5.91 Å². The Bertz CT molecular complexity index is 1080. The van der Waals surface area contributed by atoms with Crippen molar-refractivity contribution >= 4 is 16.3 Å². The van der Waals surface area contributed by atoms with Crippen molar-refractivity contribution in [2.75, 3.05) is 13.2 Å². The molecule has 0 aromatic heterocycles. The molecule has 0 radical (unpaired) electrons. The number of nitrogens with one attached hydrogen (secondary N) is 1. The number of ether oxygens (including phenoxy) is 2. The normalized spacial score (nSPS) is 20.7. The third-order valence-electron chi connectivity index (χ3n) is 12.2. The minimum absolute atomic E-state index is 0.226. The molecule has 7 atom stereocenters. The van der Waals surface area contributed by atoms with Crippen LogP contribution in [0, 0.1) is 0 Å². The highest BCUT2D eigenvalue weighted by Gasteiger charge is 2.48. The SMILES string of the molecule is CCCCCCCCCCCCCCCCCCCCCCC(O)C(COC1OC(CO)C(O)C(OS(=O)(=O)O)C1O)NC(=O)CCCCCCCCCCCCCCC. The van der Waals surface area contributed by atoms with Crippen molar-refractivity contribution in [3.8, 4) is 0 Å². The maximum absolute atomic E-state index is 13.0. The Labute approximate surface area is 367 Å². The Balaban J connectivity index is 2.42. The summed E-state index contributed by atoms with van der Waals surface area (Å²) < 4.78 is 47.7. The number of aliphatic hydroxyl groups excluding tert-OH is 4. The van der Waals surface area contributed by atoms with Crippen molar-refractivity contribution in [2.24, 2.45) is 0 Å². The molecule has 0 aromatic rings. The van der Waals surface area contributed by atoms with Gasteiger partial charge in [-0.3, -0.25) is 9.35 Å². The lowest BCUT2D eigenvalue weighted by Gasteiger charge is -2.41. The maximum atomic E-state index is 13.0. The van der Waals surface area contributed by atoms with Crippen molar-refractivity contribution in [1.29, 1.82) is 0 Å². The Hall–Kier alpha value is -0.900. The summed E-state index contributed by atoms with van der Waals surface area (Å²) in [4.78, 5) is 13.0. The van der Waals surface area contributed by atoms with Crippen LogP contribution in [0.15, 0.2) is 0 Å². The molecule has 1 heterocycles. The topological polar surface area (TPSA) is 192 Å². The van der Waals surface area contributed by atoms with Crippen LogP contribution < -0.4 is 5.32 Å². The van der Waals surface area contributed by atoms with Gasteiger partial charge in [-0.25, -0.2) is 4.18 Å². The summed E-state index contributed by atoms with van der Waals surface area (Å²) in [6.45, 7) is 3.47. The first-order valence-corrected chi connectivity index (χ1v) is 26.3. The number of rotatable bonds is 43. The summed E-state index contributed by atoms with van der Waals surface area (Å²) in [5.41, 5.74) is 0. The summed E-state index contributed by atoms with van der Waals surface area (Å²) in [6, 6.07) is -0.851. The van der Waals surface area contributed by atoms with Crippen LogP contribution in [0.2, 0.25) is 0 Å². The van der Waals surface area contributed by atoms with Gasteiger partial charge in [-0.15, -0.1) is 0 Å². The van der Waals surface area contributed by atoms with E-state index in [4.69, 9.17) is 9.47 Å². The van der Waals surface area contributed by atoms with Crippen LogP contribution in [-0.4, -0.2) is 95.4 Å². The van der Waals surface area contributed by atoms with E-state index in [2.05, 4.69) is 23.3 Å². The molecule has 0 aliphatic carbocycles. The fraction of sp³-hybridized carbons (Fsp3) is 0.979. The molecular weight excluding hydrogens is 787 g/mol. The molecule has 12 nitrogen and oxygen atoms in total. The first kappa shape index (κ1) is 57.1. The predicted molar refractivity (Wildman–Crippen MR) is 241 cm³/mol. The molecule has 0 bridgehead atoms. The van der Waals surface area contributed by atoms with Crippen molar-refractivity contribution in [2.45, 2.75) is 281 Å². The molecule has 60 heavy (non-hydrogen) atoms. The third-order valence-corrected chi connectivity index (χ3v) is 12.6. The van der Waals surface area contributed by atoms with Crippen molar-refractivity contribution < 1.29 is 51.8 Å². The zero-order valence-corrected chi connectivity index (χ0v) is 39.1. The van der Waals surface area contributed by atoms with E-state index in [0.29, 0.717) is 12.8 Å². The van der Waals surface area contributed by atoms with Gasteiger partial charge < -0.3 is 35.2 Å². The molecule has 0 spiro atoms. The molecule has 1 rings (SSSR count). The van der Waals surface area contributed by atoms with E-state index in [0.717, 1.165) is 51.4 Å². The van der Waals surface area contributed by atoms with E-state index in [1.807, 2.05) is 0 Å². The van der Waals surface area contributed by atoms with Crippen LogP contribution in [0.1, 0.15) is 239 Å². The molecule has 1 fully saturated rings. The Kier molecular flexibility index (Phi) is 36.7. The van der Waals surface area contributed by atoms with Crippen LogP contribution in [-0.2, 0) is 28.9 Å². The fourth-order valence-electron chi connectivity index (χ4n) is 8.28. The third kappa shape index (κ3) is 31.0. The highest BCUT2D eigenvalue weighted by molar-refractivity contribution is 7.80. The Morgan fingerprint density at radius 3 is 1.33 bits per heavy atom. The second kappa shape index (κ2) is 38.5. The van der Waals surface area contributed by atoms with Crippen molar-refractivity contribution in [3.05, 3.63) is 0 Å². The molecule has 0 saturated carbocycles. The van der Waals surface area contributed by atoms with E-state index in [1.54, 1.807) is 0 Å². The van der Waals surface area contributed by atoms with E-state index in [1.165, 1.54) is 161 Å². The van der Waals surface area contributed by atoms with Crippen molar-refractivity contribution in [3.63, 3.8) is 0 Å². The lowest BCUT2D eigenvalue weighted by Crippen LogP contribution is -2.61. The molecule has 1 aliphatic rings. The first-order valence-electron chi connectivity index (χ1n) is 24.9. The highest BCUT2D eigenvalue weighted by atomic mass is 32.3. The van der Waals surface area contributed by atoms with Crippen LogP contribution in [0.25, 0.3) is 0 Å². The Morgan fingerprint density at radius 2 is 0.967 bits per heavy atom. The zero-order chi connectivity index (χ0) is 44.1. The number of carbonyl (C=O) groups is 1. The predicted octanol–water partition coefficient (Wildman–Crippen LogP) is 10.2. The minimum Gasteiger partial charge on any atom is -0.394 e. The van der Waals surface area contributed by atoms with Crippen LogP contribution in [0.5, 0.6) is 0 Å². The zero-order valence-electron chi connectivity index (χ0n) is 38.3. The molecule has 1 saturated heterocycles. The number of hydrogen-bond acceptors (Lipinski definition) is 10. The molecule has 7 unspecified atom stereocenters. The lowest BCUT2D eigenvalue weighted by molar-refractivity contribution is -0.298. The van der Waals surface area contributed by atoms with Gasteiger partial charge in [0.05, 0.1) is 25.4 Å². The van der Waals surface area contributed by atoms with Gasteiger partial charge in [0.25, 0.3) is 0 Å². The average Bonchev–Trinajstić information content (AvgIpc) is 3.22. The number of aliphatic hydroxyl groups is 4. The van der Waals surface area contributed by atoms with Gasteiger partial charge in [-0.05, 0) is 12.8 Å². The standard InChI is InChI=1S/C47H93NO11S/c1-3-5-7-9-11-13-15-17-18-19-20-21-22-23-25-26-28-30-32-34-36-41(50)40(39-57-47-45(53)46(59-60(54,55)56)44(52)42(38-49)58-47)48-43(51)37-35-33-31-29-27-24-16-14-12-10-8-6-4-2/h40-42,44-47,49-50,52-53H,3-39H2,1-2H3,(H,48,51)(H,54,55,56). The smallest absolute Gasteiger partial charge is 0.394 e. The van der Waals surface area contributed by atoms with E-state index >= 15 is 0 Å². The summed E-state index contributed by atoms with van der Waals surface area (Å²) >= 11 is 0. The summed E-state index contributed by atoms with van der Waals surface area (Å²) in [6.07, 6.45) is 32.4. The van der Waals surface area contributed by atoms with Crippen molar-refractivity contribution in [1.82, 2.24) is 5.32 Å². The molecule has 358 valence electrons. The average molecular weight is 880 g/mol. The number of carbonyl (C=O) groups excluding carboxylic acids is 1.